The molecule has 0 saturated carbocycles. The molecular weight excluding hydrogens is 476 g/mol. The molecule has 0 atom stereocenters. The fourth-order valence-electron chi connectivity index (χ4n) is 3.79. The van der Waals surface area contributed by atoms with Crippen molar-refractivity contribution in [3.05, 3.63) is 95.4 Å². The number of rotatable bonds is 6. The van der Waals surface area contributed by atoms with Gasteiger partial charge in [-0.2, -0.15) is 5.10 Å². The van der Waals surface area contributed by atoms with E-state index >= 15 is 0 Å². The molecule has 0 radical (unpaired) electrons. The molecule has 0 aliphatic heterocycles. The number of amides is 1. The lowest BCUT2D eigenvalue weighted by Gasteiger charge is -2.12. The molecule has 6 aromatic rings. The molecule has 0 aliphatic carbocycles. The van der Waals surface area contributed by atoms with Crippen LogP contribution in [0.25, 0.3) is 39.3 Å². The van der Waals surface area contributed by atoms with Crippen molar-refractivity contribution in [1.82, 2.24) is 24.7 Å². The number of nitrogens with one attached hydrogen (secondary N) is 2. The van der Waals surface area contributed by atoms with Gasteiger partial charge in [-0.1, -0.05) is 42.1 Å². The summed E-state index contributed by atoms with van der Waals surface area (Å²) in [5.41, 5.74) is 3.74. The van der Waals surface area contributed by atoms with Crippen molar-refractivity contribution in [2.45, 2.75) is 5.16 Å². The minimum atomic E-state index is -0.252. The van der Waals surface area contributed by atoms with Crippen LogP contribution in [-0.2, 0) is 4.79 Å². The van der Waals surface area contributed by atoms with E-state index in [0.717, 1.165) is 16.7 Å². The van der Waals surface area contributed by atoms with Crippen LogP contribution in [0.1, 0.15) is 0 Å². The van der Waals surface area contributed by atoms with Crippen molar-refractivity contribution in [1.29, 1.82) is 0 Å². The molecule has 0 spiro atoms. The standard InChI is InChI=1S/C26H18N6O3S/c33-22(28-17-12-10-16(11-13-17)24-29-20-8-4-5-9-21(20)35-24)15-36-26-30-23-19(14-27-31-23)25(34)32(26)18-6-2-1-3-7-18/h1-14H,15H2,(H,27,31)(H,28,33). The lowest BCUT2D eigenvalue weighted by molar-refractivity contribution is -0.113. The summed E-state index contributed by atoms with van der Waals surface area (Å²) in [5.74, 6) is 0.350. The highest BCUT2D eigenvalue weighted by Gasteiger charge is 2.16. The molecule has 36 heavy (non-hydrogen) atoms. The largest absolute Gasteiger partial charge is 0.436 e. The van der Waals surface area contributed by atoms with E-state index in [1.165, 1.54) is 22.5 Å². The second kappa shape index (κ2) is 9.16. The average molecular weight is 495 g/mol. The maximum absolute atomic E-state index is 13.1. The summed E-state index contributed by atoms with van der Waals surface area (Å²) in [6, 6.07) is 24.0. The predicted octanol–water partition coefficient (Wildman–Crippen LogP) is 4.65. The Kier molecular flexibility index (Phi) is 5.55. The van der Waals surface area contributed by atoms with Crippen molar-refractivity contribution in [2.24, 2.45) is 0 Å². The van der Waals surface area contributed by atoms with Gasteiger partial charge in [0.15, 0.2) is 16.4 Å². The number of hydrogen-bond acceptors (Lipinski definition) is 7. The van der Waals surface area contributed by atoms with Crippen LogP contribution in [-0.4, -0.2) is 36.4 Å². The Morgan fingerprint density at radius 2 is 1.75 bits per heavy atom. The Hall–Kier alpha value is -4.70. The van der Waals surface area contributed by atoms with Crippen LogP contribution < -0.4 is 10.9 Å². The third-order valence-electron chi connectivity index (χ3n) is 5.51. The summed E-state index contributed by atoms with van der Waals surface area (Å²) in [6.45, 7) is 0. The highest BCUT2D eigenvalue weighted by atomic mass is 32.2. The molecule has 3 aromatic heterocycles. The van der Waals surface area contributed by atoms with Gasteiger partial charge >= 0.3 is 0 Å². The number of hydrogen-bond donors (Lipinski definition) is 2. The zero-order chi connectivity index (χ0) is 24.5. The number of carbonyl (C=O) groups is 1. The summed E-state index contributed by atoms with van der Waals surface area (Å²) in [6.07, 6.45) is 1.45. The van der Waals surface area contributed by atoms with Gasteiger partial charge in [-0.15, -0.1) is 0 Å². The maximum Gasteiger partial charge on any atom is 0.269 e. The summed E-state index contributed by atoms with van der Waals surface area (Å²) in [4.78, 5) is 34.8. The molecule has 2 N–H and O–H groups in total. The van der Waals surface area contributed by atoms with E-state index in [1.54, 1.807) is 12.1 Å². The van der Waals surface area contributed by atoms with Gasteiger partial charge in [0.05, 0.1) is 17.6 Å². The highest BCUT2D eigenvalue weighted by Crippen LogP contribution is 2.26. The summed E-state index contributed by atoms with van der Waals surface area (Å²) >= 11 is 1.17. The monoisotopic (exact) mass is 494 g/mol. The van der Waals surface area contributed by atoms with Crippen molar-refractivity contribution in [3.8, 4) is 17.1 Å². The number of anilines is 1. The molecule has 9 nitrogen and oxygen atoms in total. The van der Waals surface area contributed by atoms with E-state index in [9.17, 15) is 9.59 Å². The van der Waals surface area contributed by atoms with Gasteiger partial charge < -0.3 is 9.73 Å². The molecule has 0 fully saturated rings. The number of H-pyrrole nitrogens is 1. The van der Waals surface area contributed by atoms with Crippen molar-refractivity contribution < 1.29 is 9.21 Å². The Morgan fingerprint density at radius 3 is 2.56 bits per heavy atom. The quantitative estimate of drug-likeness (QED) is 0.256. The highest BCUT2D eigenvalue weighted by molar-refractivity contribution is 7.99. The summed E-state index contributed by atoms with van der Waals surface area (Å²) in [5, 5.41) is 10.3. The molecule has 0 unspecified atom stereocenters. The molecule has 1 amide bonds. The van der Waals surface area contributed by atoms with E-state index in [2.05, 4.69) is 25.5 Å². The average Bonchev–Trinajstić information content (AvgIpc) is 3.56. The first-order chi connectivity index (χ1) is 17.7. The minimum absolute atomic E-state index is 0.0613. The Balaban J connectivity index is 1.19. The Morgan fingerprint density at radius 1 is 0.972 bits per heavy atom. The normalized spacial score (nSPS) is 11.2. The molecular formula is C26H18N6O3S. The van der Waals surface area contributed by atoms with Crippen LogP contribution in [0.2, 0.25) is 0 Å². The number of oxazole rings is 1. The summed E-state index contributed by atoms with van der Waals surface area (Å²) < 4.78 is 7.29. The molecule has 3 aromatic carbocycles. The molecule has 0 saturated heterocycles. The van der Waals surface area contributed by atoms with Gasteiger partial charge in [0, 0.05) is 11.3 Å². The van der Waals surface area contributed by atoms with Gasteiger partial charge in [0.25, 0.3) is 5.56 Å². The lowest BCUT2D eigenvalue weighted by atomic mass is 10.2. The van der Waals surface area contributed by atoms with E-state index in [1.807, 2.05) is 66.7 Å². The first-order valence-electron chi connectivity index (χ1n) is 11.1. The van der Waals surface area contributed by atoms with Crippen molar-refractivity contribution in [3.63, 3.8) is 0 Å². The van der Waals surface area contributed by atoms with Crippen LogP contribution >= 0.6 is 11.8 Å². The van der Waals surface area contributed by atoms with Crippen LogP contribution in [0.5, 0.6) is 0 Å². The molecule has 176 valence electrons. The number of benzene rings is 3. The number of thioether (sulfide) groups is 1. The first-order valence-corrected chi connectivity index (χ1v) is 12.0. The second-order valence-electron chi connectivity index (χ2n) is 7.90. The van der Waals surface area contributed by atoms with Gasteiger partial charge in [-0.25, -0.2) is 9.97 Å². The molecule has 3 heterocycles. The van der Waals surface area contributed by atoms with E-state index in [0.29, 0.717) is 33.5 Å². The third-order valence-corrected chi connectivity index (χ3v) is 6.45. The fourth-order valence-corrected chi connectivity index (χ4v) is 4.60. The molecule has 0 bridgehead atoms. The van der Waals surface area contributed by atoms with E-state index in [-0.39, 0.29) is 17.2 Å². The van der Waals surface area contributed by atoms with Crippen LogP contribution in [0.4, 0.5) is 5.69 Å². The number of para-hydroxylation sites is 3. The topological polar surface area (TPSA) is 119 Å². The maximum atomic E-state index is 13.1. The first kappa shape index (κ1) is 21.8. The number of aromatic nitrogens is 5. The van der Waals surface area contributed by atoms with Gasteiger partial charge in [-0.05, 0) is 48.5 Å². The zero-order valence-corrected chi connectivity index (χ0v) is 19.5. The van der Waals surface area contributed by atoms with Gasteiger partial charge in [0.1, 0.15) is 10.9 Å². The van der Waals surface area contributed by atoms with Crippen molar-refractivity contribution >= 4 is 45.5 Å². The SMILES string of the molecule is O=C(CSc1nc2[nH]ncc2c(=O)n1-c1ccccc1)Nc1ccc(-c2nc3ccccc3o2)cc1. The summed E-state index contributed by atoms with van der Waals surface area (Å²) in [7, 11) is 0. The van der Waals surface area contributed by atoms with Gasteiger partial charge in [0.2, 0.25) is 11.8 Å². The number of fused-ring (bicyclic) bond motifs is 2. The predicted molar refractivity (Wildman–Crippen MR) is 138 cm³/mol. The zero-order valence-electron chi connectivity index (χ0n) is 18.7. The van der Waals surface area contributed by atoms with Crippen LogP contribution in [0, 0.1) is 0 Å². The molecule has 10 heteroatoms. The minimum Gasteiger partial charge on any atom is -0.436 e. The molecule has 6 rings (SSSR count). The van der Waals surface area contributed by atoms with Gasteiger partial charge in [-0.3, -0.25) is 19.3 Å². The van der Waals surface area contributed by atoms with Crippen LogP contribution in [0.3, 0.4) is 0 Å². The third kappa shape index (κ3) is 4.14. The smallest absolute Gasteiger partial charge is 0.269 e. The second-order valence-corrected chi connectivity index (χ2v) is 8.85. The Labute approximate surface area is 208 Å². The lowest BCUT2D eigenvalue weighted by Crippen LogP contribution is -2.22. The number of nitrogens with zero attached hydrogens (tertiary/aromatic N) is 4. The molecule has 0 aliphatic rings. The Bertz CT molecular complexity index is 1720. The fraction of sp³-hybridized carbons (Fsp3) is 0.0385. The van der Waals surface area contributed by atoms with E-state index in [4.69, 9.17) is 4.42 Å². The van der Waals surface area contributed by atoms with Crippen LogP contribution in [0.15, 0.2) is 99.4 Å². The van der Waals surface area contributed by atoms with E-state index < -0.39 is 0 Å². The van der Waals surface area contributed by atoms with Crippen molar-refractivity contribution in [2.75, 3.05) is 11.1 Å². The number of aromatic amines is 1. The number of carbonyl (C=O) groups excluding carboxylic acids is 1.